The summed E-state index contributed by atoms with van der Waals surface area (Å²) >= 11 is 14.6. The zero-order valence-electron chi connectivity index (χ0n) is 6.74. The number of rotatable bonds is 2. The monoisotopic (exact) mass is 218 g/mol. The van der Waals surface area contributed by atoms with Crippen molar-refractivity contribution in [3.8, 4) is 0 Å². The van der Waals surface area contributed by atoms with Gasteiger partial charge in [-0.1, -0.05) is 67.9 Å². The molecule has 0 aromatic carbocycles. The molecule has 11 heavy (non-hydrogen) atoms. The normalized spacial score (nSPS) is 9.91. The summed E-state index contributed by atoms with van der Waals surface area (Å²) in [5.74, 6) is 0. The second kappa shape index (κ2) is 8.63. The summed E-state index contributed by atoms with van der Waals surface area (Å²) in [5, 5.41) is 0. The largest absolute Gasteiger partial charge is 0.299 e. The minimum atomic E-state index is -1.72. The average molecular weight is 220 g/mol. The topological polar surface area (TPSA) is 17.1 Å². The molecule has 0 aromatic heterocycles. The van der Waals surface area contributed by atoms with E-state index in [0.29, 0.717) is 0 Å². The number of unbranched alkanes of at least 4 members (excludes halogenated alkanes) is 2. The lowest BCUT2D eigenvalue weighted by atomic mass is 10.3. The van der Waals surface area contributed by atoms with Crippen LogP contribution in [-0.2, 0) is 4.79 Å². The van der Waals surface area contributed by atoms with Crippen molar-refractivity contribution >= 4 is 41.1 Å². The highest BCUT2D eigenvalue weighted by atomic mass is 35.6. The van der Waals surface area contributed by atoms with E-state index in [1.165, 1.54) is 19.3 Å². The minimum Gasteiger partial charge on any atom is -0.299 e. The highest BCUT2D eigenvalue weighted by molar-refractivity contribution is 6.74. The van der Waals surface area contributed by atoms with Crippen LogP contribution in [0.4, 0.5) is 0 Å². The molecule has 0 heterocycles. The molecule has 0 atom stereocenters. The van der Waals surface area contributed by atoms with Gasteiger partial charge in [-0.2, -0.15) is 0 Å². The molecule has 0 rings (SSSR count). The van der Waals surface area contributed by atoms with Crippen LogP contribution >= 0.6 is 34.8 Å². The summed E-state index contributed by atoms with van der Waals surface area (Å²) in [6.07, 6.45) is 4.31. The van der Waals surface area contributed by atoms with E-state index >= 15 is 0 Å². The third-order valence-electron chi connectivity index (χ3n) is 0.841. The highest BCUT2D eigenvalue weighted by Crippen LogP contribution is 2.21. The summed E-state index contributed by atoms with van der Waals surface area (Å²) in [7, 11) is 0. The van der Waals surface area contributed by atoms with Gasteiger partial charge < -0.3 is 0 Å². The fourth-order valence-corrected chi connectivity index (χ4v) is 0.354. The van der Waals surface area contributed by atoms with Crippen LogP contribution in [0.25, 0.3) is 0 Å². The Morgan fingerprint density at radius 1 is 1.18 bits per heavy atom. The predicted octanol–water partition coefficient (Wildman–Crippen LogP) is 3.75. The Hall–Kier alpha value is 0.540. The van der Waals surface area contributed by atoms with Crippen molar-refractivity contribution in [2.75, 3.05) is 0 Å². The molecule has 0 fully saturated rings. The summed E-state index contributed by atoms with van der Waals surface area (Å²) < 4.78 is -1.72. The lowest BCUT2D eigenvalue weighted by molar-refractivity contribution is -0.107. The Bertz CT molecular complexity index is 86.2. The van der Waals surface area contributed by atoms with Gasteiger partial charge in [-0.15, -0.1) is 0 Å². The fraction of sp³-hybridized carbons (Fsp3) is 0.857. The molecule has 0 saturated heterocycles. The minimum absolute atomic E-state index is 0.234. The number of aldehydes is 1. The second-order valence-electron chi connectivity index (χ2n) is 2.01. The molecule has 1 nitrogen and oxygen atoms in total. The van der Waals surface area contributed by atoms with Crippen LogP contribution in [0, 0.1) is 0 Å². The average Bonchev–Trinajstić information content (AvgIpc) is 1.90. The first-order valence-electron chi connectivity index (χ1n) is 3.51. The lowest BCUT2D eigenvalue weighted by Crippen LogP contribution is -2.00. The fourth-order valence-electron chi connectivity index (χ4n) is 0.354. The number of halogens is 3. The summed E-state index contributed by atoms with van der Waals surface area (Å²) in [6.45, 7) is 4.42. The van der Waals surface area contributed by atoms with Crippen LogP contribution in [0.15, 0.2) is 0 Å². The molecule has 0 amide bonds. The quantitative estimate of drug-likeness (QED) is 0.511. The molecule has 0 saturated carbocycles. The van der Waals surface area contributed by atoms with E-state index in [4.69, 9.17) is 34.8 Å². The third-order valence-corrected chi connectivity index (χ3v) is 1.11. The molecule has 0 aliphatic carbocycles. The Labute approximate surface area is 83.0 Å². The summed E-state index contributed by atoms with van der Waals surface area (Å²) in [5.41, 5.74) is 0. The van der Waals surface area contributed by atoms with E-state index in [1.807, 2.05) is 0 Å². The number of carbonyl (C=O) groups excluding carboxylic acids is 1. The van der Waals surface area contributed by atoms with Crippen LogP contribution in [0.5, 0.6) is 0 Å². The van der Waals surface area contributed by atoms with Gasteiger partial charge in [0.1, 0.15) is 0 Å². The van der Waals surface area contributed by atoms with Crippen molar-refractivity contribution in [1.29, 1.82) is 0 Å². The van der Waals surface area contributed by atoms with Crippen LogP contribution < -0.4 is 0 Å². The Balaban J connectivity index is 0. The van der Waals surface area contributed by atoms with Crippen molar-refractivity contribution in [3.63, 3.8) is 0 Å². The van der Waals surface area contributed by atoms with Crippen LogP contribution in [0.1, 0.15) is 33.1 Å². The van der Waals surface area contributed by atoms with Crippen molar-refractivity contribution in [2.45, 2.75) is 36.9 Å². The maximum Gasteiger partial charge on any atom is 0.245 e. The van der Waals surface area contributed by atoms with Crippen LogP contribution in [0.2, 0.25) is 0 Å². The van der Waals surface area contributed by atoms with Gasteiger partial charge in [-0.3, -0.25) is 4.79 Å². The molecule has 0 N–H and O–H groups in total. The zero-order valence-corrected chi connectivity index (χ0v) is 9.01. The highest BCUT2D eigenvalue weighted by Gasteiger charge is 2.16. The smallest absolute Gasteiger partial charge is 0.245 e. The molecule has 0 bridgehead atoms. The number of hydrogen-bond acceptors (Lipinski definition) is 1. The molecular weight excluding hydrogens is 206 g/mol. The lowest BCUT2D eigenvalue weighted by Gasteiger charge is -1.93. The Kier molecular flexibility index (Phi) is 11.1. The first-order chi connectivity index (χ1) is 4.97. The molecule has 0 aliphatic heterocycles. The molecular formula is C7H13Cl3O. The van der Waals surface area contributed by atoms with Crippen LogP contribution in [-0.4, -0.2) is 10.1 Å². The maximum absolute atomic E-state index is 9.43. The number of alkyl halides is 3. The van der Waals surface area contributed by atoms with Gasteiger partial charge >= 0.3 is 0 Å². The predicted molar refractivity (Wildman–Crippen MR) is 51.6 cm³/mol. The van der Waals surface area contributed by atoms with E-state index in [2.05, 4.69) is 13.8 Å². The van der Waals surface area contributed by atoms with Gasteiger partial charge in [0.2, 0.25) is 3.79 Å². The second-order valence-corrected chi connectivity index (χ2v) is 4.38. The van der Waals surface area contributed by atoms with Crippen molar-refractivity contribution in [1.82, 2.24) is 0 Å². The van der Waals surface area contributed by atoms with E-state index < -0.39 is 3.79 Å². The van der Waals surface area contributed by atoms with Crippen LogP contribution in [0.3, 0.4) is 0 Å². The van der Waals surface area contributed by atoms with Gasteiger partial charge in [0.25, 0.3) is 0 Å². The Morgan fingerprint density at radius 2 is 1.45 bits per heavy atom. The van der Waals surface area contributed by atoms with E-state index in [0.717, 1.165) is 0 Å². The van der Waals surface area contributed by atoms with E-state index in [9.17, 15) is 4.79 Å². The van der Waals surface area contributed by atoms with Crippen molar-refractivity contribution < 1.29 is 4.79 Å². The molecule has 0 spiro atoms. The standard InChI is InChI=1S/C5H12.C2HCl3O/c1-3-5-4-2;3-2(4,5)1-6/h3-5H2,1-2H3;1H. The van der Waals surface area contributed by atoms with Gasteiger partial charge in [0, 0.05) is 0 Å². The molecule has 68 valence electrons. The Morgan fingerprint density at radius 3 is 1.45 bits per heavy atom. The SMILES string of the molecule is CCCCC.O=CC(Cl)(Cl)Cl. The van der Waals surface area contributed by atoms with Gasteiger partial charge in [-0.25, -0.2) is 0 Å². The van der Waals surface area contributed by atoms with E-state index in [-0.39, 0.29) is 6.29 Å². The van der Waals surface area contributed by atoms with Gasteiger partial charge in [-0.05, 0) is 0 Å². The third kappa shape index (κ3) is 25.0. The summed E-state index contributed by atoms with van der Waals surface area (Å²) in [4.78, 5) is 9.43. The zero-order chi connectivity index (χ0) is 9.33. The molecule has 0 aliphatic rings. The molecule has 0 unspecified atom stereocenters. The number of hydrogen-bond donors (Lipinski definition) is 0. The molecule has 0 radical (unpaired) electrons. The van der Waals surface area contributed by atoms with E-state index in [1.54, 1.807) is 0 Å². The molecule has 4 heteroatoms. The van der Waals surface area contributed by atoms with Crippen molar-refractivity contribution in [3.05, 3.63) is 0 Å². The van der Waals surface area contributed by atoms with Gasteiger partial charge in [0.15, 0.2) is 6.29 Å². The van der Waals surface area contributed by atoms with Crippen molar-refractivity contribution in [2.24, 2.45) is 0 Å². The maximum atomic E-state index is 9.43. The molecule has 0 aromatic rings. The summed E-state index contributed by atoms with van der Waals surface area (Å²) in [6, 6.07) is 0. The first kappa shape index (κ1) is 14.1. The first-order valence-corrected chi connectivity index (χ1v) is 4.64. The number of carbonyl (C=O) groups is 1. The van der Waals surface area contributed by atoms with Gasteiger partial charge in [0.05, 0.1) is 0 Å².